The Bertz CT molecular complexity index is 375. The Hall–Kier alpha value is -1.42. The molecular formula is C12H16N2O2. The summed E-state index contributed by atoms with van der Waals surface area (Å²) < 4.78 is 0. The summed E-state index contributed by atoms with van der Waals surface area (Å²) in [5.74, 6) is -0.718. The Morgan fingerprint density at radius 1 is 1.62 bits per heavy atom. The second kappa shape index (κ2) is 4.61. The first kappa shape index (κ1) is 11.1. The zero-order chi connectivity index (χ0) is 11.5. The molecule has 2 heterocycles. The molecular weight excluding hydrogens is 204 g/mol. The Morgan fingerprint density at radius 3 is 3.06 bits per heavy atom. The van der Waals surface area contributed by atoms with E-state index in [0.29, 0.717) is 6.54 Å². The van der Waals surface area contributed by atoms with Crippen LogP contribution < -0.4 is 0 Å². The smallest absolute Gasteiger partial charge is 0.320 e. The first-order valence-corrected chi connectivity index (χ1v) is 5.55. The van der Waals surface area contributed by atoms with E-state index in [4.69, 9.17) is 5.11 Å². The van der Waals surface area contributed by atoms with Crippen molar-refractivity contribution < 1.29 is 9.90 Å². The summed E-state index contributed by atoms with van der Waals surface area (Å²) in [6.45, 7) is 3.48. The van der Waals surface area contributed by atoms with Gasteiger partial charge in [0.25, 0.3) is 0 Å². The van der Waals surface area contributed by atoms with Gasteiger partial charge in [-0.25, -0.2) is 0 Å². The van der Waals surface area contributed by atoms with Crippen molar-refractivity contribution >= 4 is 5.97 Å². The molecule has 86 valence electrons. The van der Waals surface area contributed by atoms with Crippen molar-refractivity contribution in [1.82, 2.24) is 9.88 Å². The maximum atomic E-state index is 11.0. The van der Waals surface area contributed by atoms with Crippen LogP contribution in [-0.4, -0.2) is 33.5 Å². The van der Waals surface area contributed by atoms with Crippen molar-refractivity contribution in [2.75, 3.05) is 6.54 Å². The van der Waals surface area contributed by atoms with Crippen LogP contribution in [0.5, 0.6) is 0 Å². The predicted molar refractivity (Wildman–Crippen MR) is 60.0 cm³/mol. The van der Waals surface area contributed by atoms with Gasteiger partial charge in [-0.3, -0.25) is 14.7 Å². The second-order valence-corrected chi connectivity index (χ2v) is 4.29. The molecule has 1 fully saturated rings. The van der Waals surface area contributed by atoms with E-state index in [-0.39, 0.29) is 6.04 Å². The summed E-state index contributed by atoms with van der Waals surface area (Å²) >= 11 is 0. The molecule has 2 rings (SSSR count). The number of carboxylic acid groups (broad SMARTS) is 1. The van der Waals surface area contributed by atoms with Gasteiger partial charge in [-0.15, -0.1) is 0 Å². The molecule has 1 saturated heterocycles. The lowest BCUT2D eigenvalue weighted by molar-refractivity contribution is -0.142. The minimum atomic E-state index is -0.718. The Morgan fingerprint density at radius 2 is 2.44 bits per heavy atom. The summed E-state index contributed by atoms with van der Waals surface area (Å²) in [6, 6.07) is 3.64. The third kappa shape index (κ3) is 2.39. The largest absolute Gasteiger partial charge is 0.480 e. The number of pyridine rings is 1. The van der Waals surface area contributed by atoms with Crippen LogP contribution in [0, 0.1) is 6.92 Å². The van der Waals surface area contributed by atoms with Crippen molar-refractivity contribution in [1.29, 1.82) is 0 Å². The summed E-state index contributed by atoms with van der Waals surface area (Å²) in [5, 5.41) is 9.04. The van der Waals surface area contributed by atoms with E-state index >= 15 is 0 Å². The molecule has 4 nitrogen and oxygen atoms in total. The molecule has 1 N–H and O–H groups in total. The molecule has 16 heavy (non-hydrogen) atoms. The number of hydrogen-bond donors (Lipinski definition) is 1. The van der Waals surface area contributed by atoms with Crippen molar-refractivity contribution in [2.45, 2.75) is 32.4 Å². The highest BCUT2D eigenvalue weighted by molar-refractivity contribution is 5.73. The summed E-state index contributed by atoms with van der Waals surface area (Å²) in [5.41, 5.74) is 2.07. The number of aliphatic carboxylic acids is 1. The van der Waals surface area contributed by atoms with Gasteiger partial charge in [0.2, 0.25) is 0 Å². The predicted octanol–water partition coefficient (Wildman–Crippen LogP) is 1.44. The number of aromatic nitrogens is 1. The van der Waals surface area contributed by atoms with Crippen LogP contribution in [0.4, 0.5) is 0 Å². The van der Waals surface area contributed by atoms with Gasteiger partial charge in [0.15, 0.2) is 0 Å². The van der Waals surface area contributed by atoms with Gasteiger partial charge in [-0.1, -0.05) is 6.07 Å². The normalized spacial score (nSPS) is 21.2. The topological polar surface area (TPSA) is 53.4 Å². The monoisotopic (exact) mass is 220 g/mol. The van der Waals surface area contributed by atoms with Crippen molar-refractivity contribution in [3.05, 3.63) is 29.6 Å². The second-order valence-electron chi connectivity index (χ2n) is 4.29. The highest BCUT2D eigenvalue weighted by Gasteiger charge is 2.30. The summed E-state index contributed by atoms with van der Waals surface area (Å²) in [6.07, 6.45) is 3.53. The number of aryl methyl sites for hydroxylation is 1. The average Bonchev–Trinajstić information content (AvgIpc) is 2.69. The molecule has 0 aliphatic carbocycles. The standard InChI is InChI=1S/C12H16N2O2/c1-9-4-5-10(13-7-9)8-14-6-2-3-11(14)12(15)16/h4-5,7,11H,2-3,6,8H2,1H3,(H,15,16). The summed E-state index contributed by atoms with van der Waals surface area (Å²) in [7, 11) is 0. The SMILES string of the molecule is Cc1ccc(CN2CCCC2C(=O)O)nc1. The molecule has 0 spiro atoms. The lowest BCUT2D eigenvalue weighted by atomic mass is 10.2. The minimum Gasteiger partial charge on any atom is -0.480 e. The van der Waals surface area contributed by atoms with Gasteiger partial charge >= 0.3 is 5.97 Å². The van der Waals surface area contributed by atoms with E-state index in [1.54, 1.807) is 0 Å². The number of rotatable bonds is 3. The zero-order valence-electron chi connectivity index (χ0n) is 9.39. The fraction of sp³-hybridized carbons (Fsp3) is 0.500. The Kier molecular flexibility index (Phi) is 3.19. The molecule has 0 radical (unpaired) electrons. The highest BCUT2D eigenvalue weighted by Crippen LogP contribution is 2.19. The molecule has 0 aromatic carbocycles. The molecule has 0 amide bonds. The van der Waals surface area contributed by atoms with Crippen LogP contribution in [0.3, 0.4) is 0 Å². The van der Waals surface area contributed by atoms with Gasteiger partial charge in [-0.2, -0.15) is 0 Å². The summed E-state index contributed by atoms with van der Waals surface area (Å²) in [4.78, 5) is 17.3. The van der Waals surface area contributed by atoms with E-state index < -0.39 is 5.97 Å². The molecule has 1 aromatic rings. The molecule has 1 unspecified atom stereocenters. The third-order valence-electron chi connectivity index (χ3n) is 2.99. The minimum absolute atomic E-state index is 0.330. The van der Waals surface area contributed by atoms with Gasteiger partial charge in [0.1, 0.15) is 6.04 Å². The fourth-order valence-electron chi connectivity index (χ4n) is 2.10. The molecule has 4 heteroatoms. The Labute approximate surface area is 94.9 Å². The third-order valence-corrected chi connectivity index (χ3v) is 2.99. The fourth-order valence-corrected chi connectivity index (χ4v) is 2.10. The number of hydrogen-bond acceptors (Lipinski definition) is 3. The van der Waals surface area contributed by atoms with E-state index in [0.717, 1.165) is 30.6 Å². The van der Waals surface area contributed by atoms with E-state index in [1.165, 1.54) is 0 Å². The van der Waals surface area contributed by atoms with Gasteiger partial charge < -0.3 is 5.11 Å². The first-order valence-electron chi connectivity index (χ1n) is 5.55. The van der Waals surface area contributed by atoms with Crippen LogP contribution >= 0.6 is 0 Å². The van der Waals surface area contributed by atoms with Crippen LogP contribution in [0.2, 0.25) is 0 Å². The molecule has 0 bridgehead atoms. The number of likely N-dealkylation sites (tertiary alicyclic amines) is 1. The maximum Gasteiger partial charge on any atom is 0.320 e. The van der Waals surface area contributed by atoms with E-state index in [1.807, 2.05) is 30.2 Å². The number of nitrogens with zero attached hydrogens (tertiary/aromatic N) is 2. The lowest BCUT2D eigenvalue weighted by Crippen LogP contribution is -2.35. The van der Waals surface area contributed by atoms with Crippen molar-refractivity contribution in [3.8, 4) is 0 Å². The molecule has 0 saturated carbocycles. The quantitative estimate of drug-likeness (QED) is 0.837. The molecule has 1 aliphatic rings. The molecule has 1 atom stereocenters. The molecule has 1 aliphatic heterocycles. The average molecular weight is 220 g/mol. The van der Waals surface area contributed by atoms with Gasteiger partial charge in [0.05, 0.1) is 5.69 Å². The van der Waals surface area contributed by atoms with Crippen LogP contribution in [-0.2, 0) is 11.3 Å². The lowest BCUT2D eigenvalue weighted by Gasteiger charge is -2.20. The van der Waals surface area contributed by atoms with E-state index in [9.17, 15) is 4.79 Å². The van der Waals surface area contributed by atoms with Gasteiger partial charge in [0, 0.05) is 12.7 Å². The van der Waals surface area contributed by atoms with Crippen LogP contribution in [0.15, 0.2) is 18.3 Å². The van der Waals surface area contributed by atoms with Gasteiger partial charge in [-0.05, 0) is 37.9 Å². The molecule has 1 aromatic heterocycles. The number of carboxylic acids is 1. The highest BCUT2D eigenvalue weighted by atomic mass is 16.4. The maximum absolute atomic E-state index is 11.0. The van der Waals surface area contributed by atoms with Crippen molar-refractivity contribution in [2.24, 2.45) is 0 Å². The van der Waals surface area contributed by atoms with Crippen LogP contribution in [0.1, 0.15) is 24.1 Å². The van der Waals surface area contributed by atoms with E-state index in [2.05, 4.69) is 4.98 Å². The Balaban J connectivity index is 2.03. The number of carbonyl (C=O) groups is 1. The zero-order valence-corrected chi connectivity index (χ0v) is 9.39. The van der Waals surface area contributed by atoms with Crippen LogP contribution in [0.25, 0.3) is 0 Å². The van der Waals surface area contributed by atoms with Crippen molar-refractivity contribution in [3.63, 3.8) is 0 Å². The first-order chi connectivity index (χ1) is 7.66.